The highest BCUT2D eigenvalue weighted by molar-refractivity contribution is 6.31. The lowest BCUT2D eigenvalue weighted by molar-refractivity contribution is -0.116. The van der Waals surface area contributed by atoms with Crippen molar-refractivity contribution in [2.45, 2.75) is 26.8 Å². The molecule has 1 heterocycles. The maximum absolute atomic E-state index is 13.0. The molecule has 144 valence electrons. The van der Waals surface area contributed by atoms with Crippen LogP contribution in [0.1, 0.15) is 18.2 Å². The van der Waals surface area contributed by atoms with Crippen molar-refractivity contribution < 1.29 is 4.79 Å². The van der Waals surface area contributed by atoms with Crippen molar-refractivity contribution in [1.29, 1.82) is 0 Å². The van der Waals surface area contributed by atoms with Gasteiger partial charge >= 0.3 is 0 Å². The van der Waals surface area contributed by atoms with Gasteiger partial charge in [-0.1, -0.05) is 36.2 Å². The summed E-state index contributed by atoms with van der Waals surface area (Å²) in [6, 6.07) is 13.8. The molecular formula is C21H19Cl2N3O2. The lowest BCUT2D eigenvalue weighted by Gasteiger charge is -2.15. The first-order valence-corrected chi connectivity index (χ1v) is 9.56. The molecule has 0 aliphatic heterocycles. The van der Waals surface area contributed by atoms with Crippen LogP contribution in [-0.4, -0.2) is 15.5 Å². The number of anilines is 1. The summed E-state index contributed by atoms with van der Waals surface area (Å²) in [4.78, 5) is 30.2. The molecule has 2 aromatic carbocycles. The van der Waals surface area contributed by atoms with E-state index in [9.17, 15) is 9.59 Å². The van der Waals surface area contributed by atoms with Gasteiger partial charge in [-0.15, -0.1) is 0 Å². The third-order valence-electron chi connectivity index (χ3n) is 4.34. The van der Waals surface area contributed by atoms with Crippen LogP contribution in [0.25, 0.3) is 11.4 Å². The Morgan fingerprint density at radius 2 is 1.82 bits per heavy atom. The van der Waals surface area contributed by atoms with Crippen molar-refractivity contribution >= 4 is 34.8 Å². The van der Waals surface area contributed by atoms with Crippen LogP contribution in [0.5, 0.6) is 0 Å². The molecule has 5 nitrogen and oxygen atoms in total. The standard InChI is InChI=1S/C21H19Cl2N3O2/c1-3-18-13(2)24-20(14-7-9-15(22)10-8-14)26(21(18)28)12-19(27)25-17-6-4-5-16(23)11-17/h4-11H,3,12H2,1-2H3,(H,25,27). The Balaban J connectivity index is 2.01. The summed E-state index contributed by atoms with van der Waals surface area (Å²) in [6.07, 6.45) is 0.536. The molecule has 0 aliphatic carbocycles. The first-order valence-electron chi connectivity index (χ1n) is 8.80. The van der Waals surface area contributed by atoms with E-state index in [2.05, 4.69) is 10.3 Å². The first-order chi connectivity index (χ1) is 13.4. The minimum Gasteiger partial charge on any atom is -0.324 e. The molecule has 0 unspecified atom stereocenters. The number of carbonyl (C=O) groups excluding carboxylic acids is 1. The van der Waals surface area contributed by atoms with Gasteiger partial charge in [-0.2, -0.15) is 0 Å². The minimum atomic E-state index is -0.340. The zero-order chi connectivity index (χ0) is 20.3. The van der Waals surface area contributed by atoms with Gasteiger partial charge in [0.1, 0.15) is 12.4 Å². The van der Waals surface area contributed by atoms with Crippen LogP contribution in [0.3, 0.4) is 0 Å². The van der Waals surface area contributed by atoms with Crippen molar-refractivity contribution in [2.24, 2.45) is 0 Å². The number of hydrogen-bond acceptors (Lipinski definition) is 3. The van der Waals surface area contributed by atoms with Gasteiger partial charge in [-0.25, -0.2) is 4.98 Å². The van der Waals surface area contributed by atoms with Gasteiger partial charge < -0.3 is 5.32 Å². The normalized spacial score (nSPS) is 10.7. The van der Waals surface area contributed by atoms with Gasteiger partial charge in [0.05, 0.1) is 0 Å². The molecule has 0 saturated carbocycles. The number of aromatic nitrogens is 2. The second-order valence-corrected chi connectivity index (χ2v) is 7.18. The Hall–Kier alpha value is -2.63. The quantitative estimate of drug-likeness (QED) is 0.654. The van der Waals surface area contributed by atoms with Crippen molar-refractivity contribution in [3.63, 3.8) is 0 Å². The van der Waals surface area contributed by atoms with Crippen molar-refractivity contribution in [2.75, 3.05) is 5.32 Å². The highest BCUT2D eigenvalue weighted by atomic mass is 35.5. The van der Waals surface area contributed by atoms with E-state index in [0.717, 1.165) is 0 Å². The second-order valence-electron chi connectivity index (χ2n) is 6.31. The molecule has 0 radical (unpaired) electrons. The van der Waals surface area contributed by atoms with E-state index in [1.807, 2.05) is 6.92 Å². The van der Waals surface area contributed by atoms with Crippen LogP contribution in [-0.2, 0) is 17.8 Å². The lowest BCUT2D eigenvalue weighted by Crippen LogP contribution is -2.32. The van der Waals surface area contributed by atoms with Crippen LogP contribution in [0.4, 0.5) is 5.69 Å². The maximum atomic E-state index is 13.0. The summed E-state index contributed by atoms with van der Waals surface area (Å²) in [6.45, 7) is 3.53. The number of carbonyl (C=O) groups is 1. The van der Waals surface area contributed by atoms with Gasteiger partial charge in [0.2, 0.25) is 5.91 Å². The molecule has 3 rings (SSSR count). The molecule has 1 amide bonds. The Morgan fingerprint density at radius 1 is 1.11 bits per heavy atom. The predicted octanol–water partition coefficient (Wildman–Crippen LogP) is 4.73. The van der Waals surface area contributed by atoms with Crippen molar-refractivity contribution in [1.82, 2.24) is 9.55 Å². The zero-order valence-electron chi connectivity index (χ0n) is 15.5. The minimum absolute atomic E-state index is 0.163. The van der Waals surface area contributed by atoms with Crippen LogP contribution in [0.2, 0.25) is 10.0 Å². The fraction of sp³-hybridized carbons (Fsp3) is 0.190. The van der Waals surface area contributed by atoms with Crippen LogP contribution < -0.4 is 10.9 Å². The van der Waals surface area contributed by atoms with E-state index in [4.69, 9.17) is 23.2 Å². The number of benzene rings is 2. The predicted molar refractivity (Wildman–Crippen MR) is 113 cm³/mol. The van der Waals surface area contributed by atoms with Gasteiger partial charge in [0.15, 0.2) is 0 Å². The monoisotopic (exact) mass is 415 g/mol. The number of hydrogen-bond donors (Lipinski definition) is 1. The molecule has 0 fully saturated rings. The molecule has 0 aliphatic rings. The third-order valence-corrected chi connectivity index (χ3v) is 4.82. The molecular weight excluding hydrogens is 397 g/mol. The molecule has 0 spiro atoms. The summed E-state index contributed by atoms with van der Waals surface area (Å²) in [5, 5.41) is 3.86. The molecule has 0 saturated heterocycles. The summed E-state index contributed by atoms with van der Waals surface area (Å²) in [5.74, 6) is 0.0879. The number of aryl methyl sites for hydroxylation is 1. The summed E-state index contributed by atoms with van der Waals surface area (Å²) in [7, 11) is 0. The van der Waals surface area contributed by atoms with E-state index in [1.165, 1.54) is 4.57 Å². The van der Waals surface area contributed by atoms with Crippen LogP contribution in [0, 0.1) is 6.92 Å². The average Bonchev–Trinajstić information content (AvgIpc) is 2.65. The number of nitrogens with one attached hydrogen (secondary N) is 1. The number of amides is 1. The van der Waals surface area contributed by atoms with E-state index < -0.39 is 0 Å². The van der Waals surface area contributed by atoms with E-state index in [0.29, 0.717) is 44.8 Å². The maximum Gasteiger partial charge on any atom is 0.257 e. The Kier molecular flexibility index (Phi) is 6.17. The Morgan fingerprint density at radius 3 is 2.46 bits per heavy atom. The van der Waals surface area contributed by atoms with Gasteiger partial charge in [-0.3, -0.25) is 14.2 Å². The van der Waals surface area contributed by atoms with E-state index >= 15 is 0 Å². The summed E-state index contributed by atoms with van der Waals surface area (Å²) >= 11 is 11.9. The number of rotatable bonds is 5. The van der Waals surface area contributed by atoms with Crippen molar-refractivity contribution in [3.05, 3.63) is 80.2 Å². The molecule has 7 heteroatoms. The Bertz CT molecular complexity index is 1080. The van der Waals surface area contributed by atoms with Crippen LogP contribution in [0.15, 0.2) is 53.3 Å². The third kappa shape index (κ3) is 4.43. The highest BCUT2D eigenvalue weighted by Crippen LogP contribution is 2.21. The van der Waals surface area contributed by atoms with Crippen LogP contribution >= 0.6 is 23.2 Å². The second kappa shape index (κ2) is 8.59. The smallest absolute Gasteiger partial charge is 0.257 e. The fourth-order valence-corrected chi connectivity index (χ4v) is 3.30. The summed E-state index contributed by atoms with van der Waals surface area (Å²) < 4.78 is 1.40. The highest BCUT2D eigenvalue weighted by Gasteiger charge is 2.17. The van der Waals surface area contributed by atoms with Crippen molar-refractivity contribution in [3.8, 4) is 11.4 Å². The molecule has 3 aromatic rings. The van der Waals surface area contributed by atoms with E-state index in [-0.39, 0.29) is 18.0 Å². The molecule has 0 atom stereocenters. The fourth-order valence-electron chi connectivity index (χ4n) is 2.98. The van der Waals surface area contributed by atoms with Gasteiger partial charge in [-0.05, 0) is 55.8 Å². The first kappa shape index (κ1) is 20.1. The number of halogens is 2. The SMILES string of the molecule is CCc1c(C)nc(-c2ccc(Cl)cc2)n(CC(=O)Nc2cccc(Cl)c2)c1=O. The molecule has 28 heavy (non-hydrogen) atoms. The average molecular weight is 416 g/mol. The lowest BCUT2D eigenvalue weighted by atomic mass is 10.1. The largest absolute Gasteiger partial charge is 0.324 e. The van der Waals surface area contributed by atoms with Gasteiger partial charge in [0, 0.05) is 32.6 Å². The number of nitrogens with zero attached hydrogens (tertiary/aromatic N) is 2. The molecule has 1 N–H and O–H groups in total. The van der Waals surface area contributed by atoms with Gasteiger partial charge in [0.25, 0.3) is 5.56 Å². The molecule has 1 aromatic heterocycles. The topological polar surface area (TPSA) is 64.0 Å². The zero-order valence-corrected chi connectivity index (χ0v) is 17.0. The molecule has 0 bridgehead atoms. The van der Waals surface area contributed by atoms with E-state index in [1.54, 1.807) is 55.5 Å². The Labute approximate surface area is 172 Å². The summed E-state index contributed by atoms with van der Waals surface area (Å²) in [5.41, 5.74) is 2.30.